The van der Waals surface area contributed by atoms with E-state index >= 15 is 0 Å². The largest absolute Gasteiger partial charge is 0.490 e. The number of pyridine rings is 1. The van der Waals surface area contributed by atoms with Crippen molar-refractivity contribution in [3.8, 4) is 11.5 Å². The number of hydrogen-bond donors (Lipinski definition) is 0. The Balaban J connectivity index is 1.32. The first-order valence-corrected chi connectivity index (χ1v) is 11.1. The van der Waals surface area contributed by atoms with E-state index in [2.05, 4.69) is 25.8 Å². The Bertz CT molecular complexity index is 990. The topological polar surface area (TPSA) is 54.9 Å². The van der Waals surface area contributed by atoms with E-state index in [0.29, 0.717) is 37.6 Å². The van der Waals surface area contributed by atoms with Crippen molar-refractivity contribution in [2.45, 2.75) is 0 Å². The molecule has 0 atom stereocenters. The van der Waals surface area contributed by atoms with Gasteiger partial charge in [-0.05, 0) is 52.3 Å². The first kappa shape index (κ1) is 21.2. The zero-order valence-electron chi connectivity index (χ0n) is 17.1. The van der Waals surface area contributed by atoms with Gasteiger partial charge in [0.15, 0.2) is 0 Å². The molecule has 1 saturated heterocycles. The third-order valence-electron chi connectivity index (χ3n) is 5.07. The molecule has 0 saturated carbocycles. The van der Waals surface area contributed by atoms with Crippen LogP contribution in [0.4, 0.5) is 5.82 Å². The van der Waals surface area contributed by atoms with Crippen LogP contribution in [0.2, 0.25) is 0 Å². The Labute approximate surface area is 190 Å². The number of aromatic nitrogens is 1. The van der Waals surface area contributed by atoms with Gasteiger partial charge >= 0.3 is 0 Å². The van der Waals surface area contributed by atoms with Crippen molar-refractivity contribution in [3.05, 3.63) is 83.0 Å². The lowest BCUT2D eigenvalue weighted by Gasteiger charge is -2.35. The maximum Gasteiger partial charge on any atom is 0.257 e. The molecule has 2 heterocycles. The normalized spacial score (nSPS) is 13.7. The van der Waals surface area contributed by atoms with Gasteiger partial charge in [0.05, 0.1) is 5.56 Å². The number of carbonyl (C=O) groups excluding carboxylic acids is 1. The van der Waals surface area contributed by atoms with Crippen LogP contribution >= 0.6 is 15.9 Å². The number of carbonyl (C=O) groups is 1. The molecule has 160 valence electrons. The van der Waals surface area contributed by atoms with Crippen molar-refractivity contribution < 1.29 is 14.3 Å². The molecule has 0 N–H and O–H groups in total. The van der Waals surface area contributed by atoms with Gasteiger partial charge in [-0.2, -0.15) is 0 Å². The third kappa shape index (κ3) is 5.55. The highest BCUT2D eigenvalue weighted by Gasteiger charge is 2.24. The first-order valence-electron chi connectivity index (χ1n) is 10.3. The van der Waals surface area contributed by atoms with Crippen LogP contribution in [0.25, 0.3) is 0 Å². The van der Waals surface area contributed by atoms with Gasteiger partial charge in [-0.15, -0.1) is 0 Å². The van der Waals surface area contributed by atoms with Crippen LogP contribution < -0.4 is 14.4 Å². The molecule has 1 fully saturated rings. The number of rotatable bonds is 7. The fourth-order valence-electron chi connectivity index (χ4n) is 3.46. The summed E-state index contributed by atoms with van der Waals surface area (Å²) in [5.74, 6) is 2.30. The Hall–Kier alpha value is -3.06. The second-order valence-electron chi connectivity index (χ2n) is 7.12. The van der Waals surface area contributed by atoms with E-state index in [1.165, 1.54) is 0 Å². The summed E-state index contributed by atoms with van der Waals surface area (Å²) in [5, 5.41) is 0. The molecule has 0 bridgehead atoms. The van der Waals surface area contributed by atoms with Gasteiger partial charge in [0, 0.05) is 36.8 Å². The Morgan fingerprint density at radius 2 is 1.58 bits per heavy atom. The van der Waals surface area contributed by atoms with Crippen LogP contribution in [0.1, 0.15) is 10.4 Å². The van der Waals surface area contributed by atoms with E-state index in [-0.39, 0.29) is 5.91 Å². The number of anilines is 1. The molecular formula is C24H24BrN3O3. The fraction of sp³-hybridized carbons (Fsp3) is 0.250. The summed E-state index contributed by atoms with van der Waals surface area (Å²) < 4.78 is 12.5. The average Bonchev–Trinajstić information content (AvgIpc) is 2.83. The number of ether oxygens (including phenoxy) is 2. The molecule has 1 amide bonds. The molecule has 3 aromatic rings. The molecule has 0 unspecified atom stereocenters. The quantitative estimate of drug-likeness (QED) is 0.471. The van der Waals surface area contributed by atoms with Gasteiger partial charge in [-0.25, -0.2) is 4.98 Å². The van der Waals surface area contributed by atoms with Gasteiger partial charge in [0.25, 0.3) is 5.91 Å². The number of amides is 1. The van der Waals surface area contributed by atoms with E-state index in [9.17, 15) is 4.79 Å². The van der Waals surface area contributed by atoms with Crippen molar-refractivity contribution in [2.75, 3.05) is 44.3 Å². The summed E-state index contributed by atoms with van der Waals surface area (Å²) in [6.45, 7) is 3.54. The number of benzene rings is 2. The summed E-state index contributed by atoms with van der Waals surface area (Å²) in [7, 11) is 0. The molecular weight excluding hydrogens is 458 g/mol. The summed E-state index contributed by atoms with van der Waals surface area (Å²) in [6, 6.07) is 21.0. The molecule has 31 heavy (non-hydrogen) atoms. The lowest BCUT2D eigenvalue weighted by Crippen LogP contribution is -2.49. The lowest BCUT2D eigenvalue weighted by molar-refractivity contribution is 0.0741. The van der Waals surface area contributed by atoms with E-state index in [4.69, 9.17) is 9.47 Å². The number of halogens is 1. The zero-order valence-corrected chi connectivity index (χ0v) is 18.7. The van der Waals surface area contributed by atoms with Crippen molar-refractivity contribution in [2.24, 2.45) is 0 Å². The van der Waals surface area contributed by atoms with Crippen LogP contribution in [0.15, 0.2) is 77.4 Å². The SMILES string of the molecule is O=C(c1ccccc1OCCOc1ccccc1)N1CCN(c2ccc(Br)cn2)CC1. The minimum Gasteiger partial charge on any atom is -0.490 e. The second kappa shape index (κ2) is 10.3. The van der Waals surface area contributed by atoms with Crippen molar-refractivity contribution in [1.29, 1.82) is 0 Å². The molecule has 2 aromatic carbocycles. The minimum atomic E-state index is -0.0111. The number of nitrogens with zero attached hydrogens (tertiary/aromatic N) is 3. The molecule has 0 radical (unpaired) electrons. The monoisotopic (exact) mass is 481 g/mol. The van der Waals surface area contributed by atoms with Gasteiger partial charge in [0.1, 0.15) is 30.5 Å². The maximum atomic E-state index is 13.1. The minimum absolute atomic E-state index is 0.0111. The van der Waals surface area contributed by atoms with Gasteiger partial charge < -0.3 is 19.3 Å². The average molecular weight is 482 g/mol. The molecule has 1 aromatic heterocycles. The van der Waals surface area contributed by atoms with Gasteiger partial charge in [-0.1, -0.05) is 30.3 Å². The number of piperazine rings is 1. The number of para-hydroxylation sites is 2. The number of hydrogen-bond acceptors (Lipinski definition) is 5. The van der Waals surface area contributed by atoms with E-state index in [1.807, 2.05) is 71.6 Å². The predicted molar refractivity (Wildman–Crippen MR) is 124 cm³/mol. The van der Waals surface area contributed by atoms with Gasteiger partial charge in [0.2, 0.25) is 0 Å². The van der Waals surface area contributed by atoms with Crippen LogP contribution in [0, 0.1) is 0 Å². The Kier molecular flexibility index (Phi) is 7.04. The Morgan fingerprint density at radius 3 is 2.32 bits per heavy atom. The standard InChI is InChI=1S/C24H24BrN3O3/c25-19-10-11-23(26-18-19)27-12-14-28(15-13-27)24(29)21-8-4-5-9-22(21)31-17-16-30-20-6-2-1-3-7-20/h1-11,18H,12-17H2. The lowest BCUT2D eigenvalue weighted by atomic mass is 10.1. The maximum absolute atomic E-state index is 13.1. The van der Waals surface area contributed by atoms with Gasteiger partial charge in [-0.3, -0.25) is 4.79 Å². The predicted octanol–water partition coefficient (Wildman–Crippen LogP) is 4.26. The molecule has 0 spiro atoms. The van der Waals surface area contributed by atoms with Crippen LogP contribution in [-0.2, 0) is 0 Å². The molecule has 0 aliphatic carbocycles. The molecule has 7 heteroatoms. The van der Waals surface area contributed by atoms with E-state index in [0.717, 1.165) is 29.1 Å². The van der Waals surface area contributed by atoms with E-state index < -0.39 is 0 Å². The van der Waals surface area contributed by atoms with Crippen molar-refractivity contribution in [1.82, 2.24) is 9.88 Å². The van der Waals surface area contributed by atoms with Crippen LogP contribution in [0.5, 0.6) is 11.5 Å². The van der Waals surface area contributed by atoms with Crippen LogP contribution in [0.3, 0.4) is 0 Å². The summed E-state index contributed by atoms with van der Waals surface area (Å²) in [4.78, 5) is 21.7. The smallest absolute Gasteiger partial charge is 0.257 e. The molecule has 1 aliphatic rings. The summed E-state index contributed by atoms with van der Waals surface area (Å²) in [5.41, 5.74) is 0.581. The van der Waals surface area contributed by atoms with Crippen molar-refractivity contribution >= 4 is 27.7 Å². The molecule has 1 aliphatic heterocycles. The second-order valence-corrected chi connectivity index (χ2v) is 8.04. The summed E-state index contributed by atoms with van der Waals surface area (Å²) >= 11 is 3.41. The third-order valence-corrected chi connectivity index (χ3v) is 5.54. The summed E-state index contributed by atoms with van der Waals surface area (Å²) in [6.07, 6.45) is 1.79. The molecule has 4 rings (SSSR count). The van der Waals surface area contributed by atoms with Crippen LogP contribution in [-0.4, -0.2) is 55.2 Å². The first-order chi connectivity index (χ1) is 15.2. The van der Waals surface area contributed by atoms with Crippen molar-refractivity contribution in [3.63, 3.8) is 0 Å². The highest BCUT2D eigenvalue weighted by Crippen LogP contribution is 2.22. The highest BCUT2D eigenvalue weighted by molar-refractivity contribution is 9.10. The fourth-order valence-corrected chi connectivity index (χ4v) is 3.70. The Morgan fingerprint density at radius 1 is 0.871 bits per heavy atom. The highest BCUT2D eigenvalue weighted by atomic mass is 79.9. The van der Waals surface area contributed by atoms with E-state index in [1.54, 1.807) is 6.20 Å². The zero-order chi connectivity index (χ0) is 21.5. The molecule has 6 nitrogen and oxygen atoms in total.